The van der Waals surface area contributed by atoms with Crippen molar-refractivity contribution in [3.8, 4) is 5.75 Å². The highest BCUT2D eigenvalue weighted by Crippen LogP contribution is 2.39. The van der Waals surface area contributed by atoms with Gasteiger partial charge in [-0.3, -0.25) is 4.98 Å². The molecular formula is C17H13NO. The summed E-state index contributed by atoms with van der Waals surface area (Å²) in [6.45, 7) is 0.681. The Balaban J connectivity index is 1.93. The van der Waals surface area contributed by atoms with Crippen LogP contribution in [-0.4, -0.2) is 11.6 Å². The lowest BCUT2D eigenvalue weighted by Crippen LogP contribution is -2.05. The molecule has 1 unspecified atom stereocenters. The molecule has 3 aromatic rings. The summed E-state index contributed by atoms with van der Waals surface area (Å²) in [5, 5.41) is 2.45. The zero-order chi connectivity index (χ0) is 12.7. The third-order valence-corrected chi connectivity index (χ3v) is 3.73. The molecular weight excluding hydrogens is 234 g/mol. The summed E-state index contributed by atoms with van der Waals surface area (Å²) in [6, 6.07) is 18.7. The second-order valence-electron chi connectivity index (χ2n) is 4.82. The number of benzene rings is 2. The Morgan fingerprint density at radius 3 is 2.79 bits per heavy atom. The van der Waals surface area contributed by atoms with Gasteiger partial charge in [0.25, 0.3) is 0 Å². The van der Waals surface area contributed by atoms with E-state index in [1.165, 1.54) is 16.3 Å². The molecule has 2 nitrogen and oxygen atoms in total. The quantitative estimate of drug-likeness (QED) is 0.653. The first kappa shape index (κ1) is 10.6. The van der Waals surface area contributed by atoms with Crippen molar-refractivity contribution in [2.75, 3.05) is 6.61 Å². The second-order valence-corrected chi connectivity index (χ2v) is 4.82. The van der Waals surface area contributed by atoms with Crippen molar-refractivity contribution < 1.29 is 4.74 Å². The van der Waals surface area contributed by atoms with Crippen LogP contribution in [0.25, 0.3) is 10.8 Å². The minimum Gasteiger partial charge on any atom is -0.492 e. The van der Waals surface area contributed by atoms with Gasteiger partial charge in [-0.15, -0.1) is 0 Å². The largest absolute Gasteiger partial charge is 0.492 e. The normalized spacial score (nSPS) is 17.2. The fourth-order valence-corrected chi connectivity index (χ4v) is 2.81. The third-order valence-electron chi connectivity index (χ3n) is 3.73. The number of para-hydroxylation sites is 1. The molecule has 1 aliphatic heterocycles. The van der Waals surface area contributed by atoms with Crippen molar-refractivity contribution in [1.82, 2.24) is 4.98 Å². The van der Waals surface area contributed by atoms with Crippen LogP contribution in [0.2, 0.25) is 0 Å². The molecule has 92 valence electrons. The van der Waals surface area contributed by atoms with Crippen molar-refractivity contribution >= 4 is 10.8 Å². The van der Waals surface area contributed by atoms with E-state index in [2.05, 4.69) is 47.4 Å². The van der Waals surface area contributed by atoms with E-state index in [1.54, 1.807) is 0 Å². The van der Waals surface area contributed by atoms with Crippen molar-refractivity contribution in [1.29, 1.82) is 0 Å². The van der Waals surface area contributed by atoms with Gasteiger partial charge in [-0.2, -0.15) is 0 Å². The Morgan fingerprint density at radius 2 is 1.79 bits per heavy atom. The fraction of sp³-hybridized carbons (Fsp3) is 0.118. The highest BCUT2D eigenvalue weighted by molar-refractivity contribution is 5.85. The zero-order valence-corrected chi connectivity index (χ0v) is 10.4. The van der Waals surface area contributed by atoms with Crippen molar-refractivity contribution in [3.05, 3.63) is 72.1 Å². The Hall–Kier alpha value is -2.35. The van der Waals surface area contributed by atoms with E-state index < -0.39 is 0 Å². The molecule has 1 atom stereocenters. The lowest BCUT2D eigenvalue weighted by atomic mass is 9.94. The summed E-state index contributed by atoms with van der Waals surface area (Å²) in [6.07, 6.45) is 1.89. The van der Waals surface area contributed by atoms with E-state index in [4.69, 9.17) is 4.74 Å². The average Bonchev–Trinajstić information content (AvgIpc) is 2.90. The monoisotopic (exact) mass is 247 g/mol. The Kier molecular flexibility index (Phi) is 2.27. The van der Waals surface area contributed by atoms with Gasteiger partial charge in [0.2, 0.25) is 0 Å². The van der Waals surface area contributed by atoms with Gasteiger partial charge in [0.15, 0.2) is 0 Å². The number of rotatable bonds is 1. The summed E-state index contributed by atoms with van der Waals surface area (Å²) >= 11 is 0. The molecule has 0 amide bonds. The molecule has 2 aromatic carbocycles. The van der Waals surface area contributed by atoms with E-state index in [0.29, 0.717) is 6.61 Å². The van der Waals surface area contributed by atoms with Gasteiger partial charge in [-0.25, -0.2) is 0 Å². The van der Waals surface area contributed by atoms with Crippen molar-refractivity contribution in [3.63, 3.8) is 0 Å². The van der Waals surface area contributed by atoms with Gasteiger partial charge in [0.05, 0.1) is 11.6 Å². The van der Waals surface area contributed by atoms with Gasteiger partial charge in [-0.05, 0) is 17.5 Å². The molecule has 0 bridgehead atoms. The van der Waals surface area contributed by atoms with Crippen molar-refractivity contribution in [2.45, 2.75) is 5.92 Å². The molecule has 0 N–H and O–H groups in total. The lowest BCUT2D eigenvalue weighted by Gasteiger charge is -2.11. The lowest BCUT2D eigenvalue weighted by molar-refractivity contribution is 0.342. The van der Waals surface area contributed by atoms with Crippen LogP contribution >= 0.6 is 0 Å². The predicted molar refractivity (Wildman–Crippen MR) is 75.5 cm³/mol. The third kappa shape index (κ3) is 1.60. The van der Waals surface area contributed by atoms with E-state index in [1.807, 2.05) is 18.3 Å². The van der Waals surface area contributed by atoms with Crippen LogP contribution in [-0.2, 0) is 0 Å². The van der Waals surface area contributed by atoms with Gasteiger partial charge >= 0.3 is 0 Å². The maximum Gasteiger partial charge on any atom is 0.123 e. The molecule has 2 heterocycles. The fourth-order valence-electron chi connectivity index (χ4n) is 2.81. The molecule has 1 aliphatic rings. The predicted octanol–water partition coefficient (Wildman–Crippen LogP) is 3.76. The summed E-state index contributed by atoms with van der Waals surface area (Å²) in [7, 11) is 0. The minimum absolute atomic E-state index is 0.238. The van der Waals surface area contributed by atoms with Gasteiger partial charge in [-0.1, -0.05) is 42.5 Å². The summed E-state index contributed by atoms with van der Waals surface area (Å²) < 4.78 is 5.77. The number of aromatic nitrogens is 1. The first-order valence-electron chi connectivity index (χ1n) is 6.49. The summed E-state index contributed by atoms with van der Waals surface area (Å²) in [5.41, 5.74) is 2.36. The van der Waals surface area contributed by atoms with E-state index in [0.717, 1.165) is 11.4 Å². The van der Waals surface area contributed by atoms with Crippen LogP contribution < -0.4 is 4.74 Å². The van der Waals surface area contributed by atoms with E-state index in [9.17, 15) is 0 Å². The highest BCUT2D eigenvalue weighted by atomic mass is 16.5. The average molecular weight is 247 g/mol. The first-order valence-corrected chi connectivity index (χ1v) is 6.49. The number of ether oxygens (including phenoxy) is 1. The van der Waals surface area contributed by atoms with Crippen LogP contribution in [0, 0.1) is 0 Å². The highest BCUT2D eigenvalue weighted by Gasteiger charge is 2.27. The number of fused-ring (bicyclic) bond motifs is 2. The topological polar surface area (TPSA) is 22.1 Å². The number of nitrogens with zero attached hydrogens (tertiary/aromatic N) is 1. The number of hydrogen-bond acceptors (Lipinski definition) is 2. The molecule has 0 aliphatic carbocycles. The van der Waals surface area contributed by atoms with Crippen LogP contribution in [0.5, 0.6) is 5.75 Å². The second kappa shape index (κ2) is 4.09. The van der Waals surface area contributed by atoms with E-state index in [-0.39, 0.29) is 5.92 Å². The Bertz CT molecular complexity index is 746. The minimum atomic E-state index is 0.238. The standard InChI is InChI=1S/C17H13NO/c1-2-6-13-12(5-1)9-10-18-17(13)15-11-19-16-8-4-3-7-14(15)16/h1-10,15H,11H2. The molecule has 0 radical (unpaired) electrons. The van der Waals surface area contributed by atoms with Crippen LogP contribution in [0.1, 0.15) is 17.2 Å². The van der Waals surface area contributed by atoms with E-state index >= 15 is 0 Å². The summed E-state index contributed by atoms with van der Waals surface area (Å²) in [4.78, 5) is 4.61. The molecule has 0 spiro atoms. The van der Waals surface area contributed by atoms with Crippen LogP contribution in [0.4, 0.5) is 0 Å². The SMILES string of the molecule is c1ccc2c(c1)OCC2c1nccc2ccccc12. The molecule has 0 saturated heterocycles. The molecule has 19 heavy (non-hydrogen) atoms. The van der Waals surface area contributed by atoms with Crippen molar-refractivity contribution in [2.24, 2.45) is 0 Å². The van der Waals surface area contributed by atoms with Crippen LogP contribution in [0.15, 0.2) is 60.8 Å². The first-order chi connectivity index (χ1) is 9.43. The Labute approximate surface area is 111 Å². The number of hydrogen-bond donors (Lipinski definition) is 0. The molecule has 1 aromatic heterocycles. The smallest absolute Gasteiger partial charge is 0.123 e. The zero-order valence-electron chi connectivity index (χ0n) is 10.4. The summed E-state index contributed by atoms with van der Waals surface area (Å²) in [5.74, 6) is 1.23. The number of pyridine rings is 1. The maximum absolute atomic E-state index is 5.77. The van der Waals surface area contributed by atoms with Gasteiger partial charge in [0, 0.05) is 17.1 Å². The van der Waals surface area contributed by atoms with Gasteiger partial charge in [0.1, 0.15) is 12.4 Å². The molecule has 0 fully saturated rings. The maximum atomic E-state index is 5.77. The molecule has 2 heteroatoms. The Morgan fingerprint density at radius 1 is 0.947 bits per heavy atom. The van der Waals surface area contributed by atoms with Crippen LogP contribution in [0.3, 0.4) is 0 Å². The molecule has 0 saturated carbocycles. The molecule has 4 rings (SSSR count). The van der Waals surface area contributed by atoms with Gasteiger partial charge < -0.3 is 4.74 Å².